The minimum absolute atomic E-state index is 0.0307. The number of nitrogens with zero attached hydrogens (tertiary/aromatic N) is 4. The third-order valence-electron chi connectivity index (χ3n) is 8.32. The first-order valence-corrected chi connectivity index (χ1v) is 16.1. The van der Waals surface area contributed by atoms with Gasteiger partial charge in [-0.3, -0.25) is 9.69 Å². The average molecular weight is 646 g/mol. The molecular weight excluding hydrogens is 601 g/mol. The van der Waals surface area contributed by atoms with Crippen LogP contribution in [0.15, 0.2) is 54.6 Å². The number of carbonyl (C=O) groups excluding carboxylic acids is 1. The van der Waals surface area contributed by atoms with Gasteiger partial charge in [-0.1, -0.05) is 32.9 Å². The molecule has 10 nitrogen and oxygen atoms in total. The van der Waals surface area contributed by atoms with E-state index in [9.17, 15) is 19.1 Å². The summed E-state index contributed by atoms with van der Waals surface area (Å²) in [5.74, 6) is 0.0870. The van der Waals surface area contributed by atoms with E-state index in [1.807, 2.05) is 44.5 Å². The number of ether oxygens (including phenoxy) is 2. The van der Waals surface area contributed by atoms with Gasteiger partial charge in [-0.2, -0.15) is 0 Å². The summed E-state index contributed by atoms with van der Waals surface area (Å²) in [5, 5.41) is 12.1. The first-order chi connectivity index (χ1) is 22.4. The number of amides is 1. The number of aromatic carboxylic acids is 1. The molecule has 2 aliphatic rings. The largest absolute Gasteiger partial charge is 0.478 e. The van der Waals surface area contributed by atoms with E-state index in [0.29, 0.717) is 30.1 Å². The van der Waals surface area contributed by atoms with Crippen molar-refractivity contribution in [3.05, 3.63) is 83.1 Å². The SMILES string of the molecule is C1COC1.Cn1c(CN2CCC(c3cccc(OCc4ccc(NC(=O)CC(C)(C)C)cc4F)n3)CC2)nc2ccc(C(=O)O)cc21. The Morgan fingerprint density at radius 1 is 1.06 bits per heavy atom. The summed E-state index contributed by atoms with van der Waals surface area (Å²) in [7, 11) is 1.92. The molecule has 0 unspecified atom stereocenters. The lowest BCUT2D eigenvalue weighted by Crippen LogP contribution is -2.33. The van der Waals surface area contributed by atoms with E-state index in [-0.39, 0.29) is 29.4 Å². The number of rotatable bonds is 9. The fourth-order valence-electron chi connectivity index (χ4n) is 5.56. The van der Waals surface area contributed by atoms with Gasteiger partial charge in [0.1, 0.15) is 18.2 Å². The topological polar surface area (TPSA) is 119 Å². The molecule has 2 fully saturated rings. The predicted molar refractivity (Wildman–Crippen MR) is 178 cm³/mol. The Labute approximate surface area is 274 Å². The van der Waals surface area contributed by atoms with Gasteiger partial charge in [0.2, 0.25) is 11.8 Å². The molecule has 0 aliphatic carbocycles. The van der Waals surface area contributed by atoms with Crippen molar-refractivity contribution in [2.75, 3.05) is 31.6 Å². The van der Waals surface area contributed by atoms with Crippen LogP contribution in [0.25, 0.3) is 11.0 Å². The number of carboxylic acids is 1. The standard InChI is InChI=1S/C33H38FN5O4.C3H6O/c1-33(2,3)18-30(40)35-24-10-8-23(25(34)17-24)20-43-31-7-5-6-26(37-31)21-12-14-39(15-13-21)19-29-36-27-11-9-22(32(41)42)16-28(27)38(29)4;1-2-4-3-1/h5-11,16-17,21H,12-15,18-20H2,1-4H3,(H,35,40)(H,41,42);1-3H2. The monoisotopic (exact) mass is 645 g/mol. The Morgan fingerprint density at radius 3 is 2.43 bits per heavy atom. The minimum Gasteiger partial charge on any atom is -0.478 e. The van der Waals surface area contributed by atoms with Crippen LogP contribution in [0.5, 0.6) is 5.88 Å². The second-order valence-electron chi connectivity index (χ2n) is 13.4. The molecule has 6 rings (SSSR count). The molecule has 0 bridgehead atoms. The third kappa shape index (κ3) is 9.36. The number of benzene rings is 2. The lowest BCUT2D eigenvalue weighted by atomic mass is 9.92. The molecule has 11 heteroatoms. The van der Waals surface area contributed by atoms with Crippen LogP contribution in [0.4, 0.5) is 10.1 Å². The number of anilines is 1. The summed E-state index contributed by atoms with van der Waals surface area (Å²) < 4.78 is 27.3. The van der Waals surface area contributed by atoms with Crippen molar-refractivity contribution < 1.29 is 28.6 Å². The molecule has 2 N–H and O–H groups in total. The Morgan fingerprint density at radius 2 is 1.79 bits per heavy atom. The van der Waals surface area contributed by atoms with Gasteiger partial charge in [-0.25, -0.2) is 19.2 Å². The molecule has 0 spiro atoms. The van der Waals surface area contributed by atoms with E-state index in [2.05, 4.69) is 10.2 Å². The van der Waals surface area contributed by atoms with Gasteiger partial charge in [0.25, 0.3) is 0 Å². The van der Waals surface area contributed by atoms with Crippen molar-refractivity contribution in [1.82, 2.24) is 19.4 Å². The second kappa shape index (κ2) is 15.0. The highest BCUT2D eigenvalue weighted by Gasteiger charge is 2.24. The summed E-state index contributed by atoms with van der Waals surface area (Å²) in [6, 6.07) is 15.3. The van der Waals surface area contributed by atoms with Crippen LogP contribution in [-0.2, 0) is 29.7 Å². The molecule has 250 valence electrons. The molecule has 0 saturated carbocycles. The summed E-state index contributed by atoms with van der Waals surface area (Å²) >= 11 is 0. The number of carbonyl (C=O) groups is 2. The number of piperidine rings is 1. The van der Waals surface area contributed by atoms with E-state index in [1.54, 1.807) is 36.4 Å². The lowest BCUT2D eigenvalue weighted by molar-refractivity contribution is -0.117. The molecule has 47 heavy (non-hydrogen) atoms. The molecule has 0 atom stereocenters. The zero-order chi connectivity index (χ0) is 33.6. The Hall–Kier alpha value is -4.35. The lowest BCUT2D eigenvalue weighted by Gasteiger charge is -2.31. The number of likely N-dealkylation sites (tertiary alicyclic amines) is 1. The van der Waals surface area contributed by atoms with Crippen LogP contribution in [0.1, 0.15) is 79.8 Å². The van der Waals surface area contributed by atoms with Crippen LogP contribution in [0.3, 0.4) is 0 Å². The van der Waals surface area contributed by atoms with Crippen molar-refractivity contribution in [2.45, 2.75) is 65.5 Å². The van der Waals surface area contributed by atoms with Gasteiger partial charge in [0.15, 0.2) is 0 Å². The number of pyridine rings is 1. The van der Waals surface area contributed by atoms with Crippen LogP contribution in [0, 0.1) is 11.2 Å². The fourth-order valence-corrected chi connectivity index (χ4v) is 5.56. The summed E-state index contributed by atoms with van der Waals surface area (Å²) in [4.78, 5) is 35.4. The van der Waals surface area contributed by atoms with Crippen molar-refractivity contribution >= 4 is 28.6 Å². The van der Waals surface area contributed by atoms with Gasteiger partial charge in [-0.05, 0) is 74.2 Å². The van der Waals surface area contributed by atoms with E-state index in [0.717, 1.165) is 61.7 Å². The maximum Gasteiger partial charge on any atom is 0.335 e. The second-order valence-corrected chi connectivity index (χ2v) is 13.4. The van der Waals surface area contributed by atoms with Gasteiger partial charge in [0, 0.05) is 55.6 Å². The van der Waals surface area contributed by atoms with Gasteiger partial charge in [0.05, 0.1) is 23.1 Å². The number of aromatic nitrogens is 3. The minimum atomic E-state index is -0.950. The molecule has 4 heterocycles. The van der Waals surface area contributed by atoms with Crippen molar-refractivity contribution in [3.63, 3.8) is 0 Å². The van der Waals surface area contributed by atoms with Crippen molar-refractivity contribution in [1.29, 1.82) is 0 Å². The fraction of sp³-hybridized carbons (Fsp3) is 0.444. The zero-order valence-electron chi connectivity index (χ0n) is 27.6. The van der Waals surface area contributed by atoms with E-state index >= 15 is 0 Å². The molecule has 2 aromatic carbocycles. The number of hydrogen-bond acceptors (Lipinski definition) is 7. The molecule has 2 aromatic heterocycles. The number of carboxylic acid groups (broad SMARTS) is 1. The molecular formula is C36H44FN5O5. The number of imidazole rings is 1. The first-order valence-electron chi connectivity index (χ1n) is 16.1. The van der Waals surface area contributed by atoms with Gasteiger partial charge in [-0.15, -0.1) is 0 Å². The smallest absolute Gasteiger partial charge is 0.335 e. The normalized spacial score (nSPS) is 15.4. The molecule has 2 aliphatic heterocycles. The maximum atomic E-state index is 14.8. The molecule has 4 aromatic rings. The van der Waals surface area contributed by atoms with Crippen LogP contribution in [-0.4, -0.2) is 62.7 Å². The number of aryl methyl sites for hydroxylation is 1. The van der Waals surface area contributed by atoms with Crippen LogP contribution >= 0.6 is 0 Å². The predicted octanol–water partition coefficient (Wildman–Crippen LogP) is 6.55. The Kier molecular flexibility index (Phi) is 10.9. The number of nitrogens with one attached hydrogen (secondary N) is 1. The number of hydrogen-bond donors (Lipinski definition) is 2. The van der Waals surface area contributed by atoms with Crippen LogP contribution in [0.2, 0.25) is 0 Å². The highest BCUT2D eigenvalue weighted by Crippen LogP contribution is 2.29. The summed E-state index contributed by atoms with van der Waals surface area (Å²) in [5.41, 5.74) is 3.46. The number of halogens is 1. The van der Waals surface area contributed by atoms with Gasteiger partial charge < -0.3 is 24.5 Å². The van der Waals surface area contributed by atoms with E-state index in [4.69, 9.17) is 19.4 Å². The number of fused-ring (bicyclic) bond motifs is 1. The molecule has 0 radical (unpaired) electrons. The zero-order valence-corrected chi connectivity index (χ0v) is 27.6. The molecule has 1 amide bonds. The van der Waals surface area contributed by atoms with E-state index < -0.39 is 11.8 Å². The Bertz CT molecular complexity index is 1700. The highest BCUT2D eigenvalue weighted by molar-refractivity contribution is 5.92. The summed E-state index contributed by atoms with van der Waals surface area (Å²) in [6.07, 6.45) is 3.49. The first kappa shape index (κ1) is 34.0. The van der Waals surface area contributed by atoms with E-state index in [1.165, 1.54) is 12.5 Å². The molecule has 2 saturated heterocycles. The average Bonchev–Trinajstić information content (AvgIpc) is 3.29. The quantitative estimate of drug-likeness (QED) is 0.211. The Balaban J connectivity index is 0.00000101. The third-order valence-corrected chi connectivity index (χ3v) is 8.32. The summed E-state index contributed by atoms with van der Waals surface area (Å²) in [6.45, 7) is 10.4. The van der Waals surface area contributed by atoms with Crippen molar-refractivity contribution in [3.8, 4) is 5.88 Å². The highest BCUT2D eigenvalue weighted by atomic mass is 19.1. The maximum absolute atomic E-state index is 14.8. The van der Waals surface area contributed by atoms with Crippen molar-refractivity contribution in [2.24, 2.45) is 12.5 Å². The van der Waals surface area contributed by atoms with Crippen LogP contribution < -0.4 is 10.1 Å². The van der Waals surface area contributed by atoms with Gasteiger partial charge >= 0.3 is 5.97 Å².